The van der Waals surface area contributed by atoms with E-state index in [9.17, 15) is 9.59 Å². The number of primary amides is 2. The summed E-state index contributed by atoms with van der Waals surface area (Å²) in [5.74, 6) is -0.807. The van der Waals surface area contributed by atoms with E-state index in [0.29, 0.717) is 17.9 Å². The number of fused-ring (bicyclic) bond motifs is 1. The Kier molecular flexibility index (Phi) is 4.86. The maximum atomic E-state index is 12.4. The number of nitrogens with two attached hydrogens (primary N) is 2. The van der Waals surface area contributed by atoms with E-state index in [-0.39, 0.29) is 17.4 Å². The molecular weight excluding hydrogens is 418 g/mol. The quantitative estimate of drug-likeness (QED) is 0.346. The van der Waals surface area contributed by atoms with Gasteiger partial charge in [0.25, 0.3) is 5.91 Å². The molecule has 33 heavy (non-hydrogen) atoms. The van der Waals surface area contributed by atoms with Crippen molar-refractivity contribution in [1.29, 1.82) is 0 Å². The molecular formula is C24H21N7O2. The van der Waals surface area contributed by atoms with Crippen LogP contribution in [0.3, 0.4) is 0 Å². The lowest BCUT2D eigenvalue weighted by atomic mass is 10.1. The second kappa shape index (κ2) is 7.86. The predicted molar refractivity (Wildman–Crippen MR) is 125 cm³/mol. The SMILES string of the molecule is NC(=O)c1ncc(NC2(C(N)=O)CC2c2ccccc2)nc1Nc1ccc2ncccc2c1. The fraction of sp³-hybridized carbons (Fsp3) is 0.125. The van der Waals surface area contributed by atoms with Crippen LogP contribution in [0, 0.1) is 0 Å². The highest BCUT2D eigenvalue weighted by Gasteiger charge is 2.60. The van der Waals surface area contributed by atoms with Crippen LogP contribution in [0.4, 0.5) is 17.3 Å². The van der Waals surface area contributed by atoms with Gasteiger partial charge in [0, 0.05) is 23.2 Å². The van der Waals surface area contributed by atoms with Crippen molar-refractivity contribution in [1.82, 2.24) is 15.0 Å². The average molecular weight is 439 g/mol. The summed E-state index contributed by atoms with van der Waals surface area (Å²) in [4.78, 5) is 37.3. The van der Waals surface area contributed by atoms with Crippen molar-refractivity contribution in [2.75, 3.05) is 10.6 Å². The van der Waals surface area contributed by atoms with Gasteiger partial charge in [-0.25, -0.2) is 9.97 Å². The van der Waals surface area contributed by atoms with Crippen LogP contribution in [0.2, 0.25) is 0 Å². The summed E-state index contributed by atoms with van der Waals surface area (Å²) in [6, 6.07) is 19.0. The van der Waals surface area contributed by atoms with Gasteiger partial charge < -0.3 is 22.1 Å². The summed E-state index contributed by atoms with van der Waals surface area (Å²) in [6.07, 6.45) is 3.63. The zero-order chi connectivity index (χ0) is 23.0. The maximum absolute atomic E-state index is 12.4. The summed E-state index contributed by atoms with van der Waals surface area (Å²) < 4.78 is 0. The first-order chi connectivity index (χ1) is 16.0. The van der Waals surface area contributed by atoms with E-state index in [4.69, 9.17) is 11.5 Å². The molecule has 164 valence electrons. The third-order valence-corrected chi connectivity index (χ3v) is 5.83. The van der Waals surface area contributed by atoms with Crippen LogP contribution in [0.25, 0.3) is 10.9 Å². The summed E-state index contributed by atoms with van der Waals surface area (Å²) in [6.45, 7) is 0. The molecule has 2 aromatic heterocycles. The molecule has 1 fully saturated rings. The number of anilines is 3. The molecule has 4 aromatic rings. The number of carbonyl (C=O) groups excluding carboxylic acids is 2. The van der Waals surface area contributed by atoms with E-state index in [0.717, 1.165) is 16.5 Å². The van der Waals surface area contributed by atoms with Crippen molar-refractivity contribution in [2.45, 2.75) is 17.9 Å². The molecule has 2 heterocycles. The Morgan fingerprint density at radius 1 is 1.00 bits per heavy atom. The largest absolute Gasteiger partial charge is 0.368 e. The van der Waals surface area contributed by atoms with Crippen molar-refractivity contribution < 1.29 is 9.59 Å². The number of amides is 2. The summed E-state index contributed by atoms with van der Waals surface area (Å²) in [5.41, 5.74) is 12.8. The Balaban J connectivity index is 1.46. The first-order valence-corrected chi connectivity index (χ1v) is 10.4. The van der Waals surface area contributed by atoms with Gasteiger partial charge in [0.1, 0.15) is 11.4 Å². The van der Waals surface area contributed by atoms with E-state index >= 15 is 0 Å². The normalized spacial score (nSPS) is 19.1. The smallest absolute Gasteiger partial charge is 0.271 e. The van der Waals surface area contributed by atoms with Crippen LogP contribution in [0.5, 0.6) is 0 Å². The molecule has 9 heteroatoms. The number of nitrogens with one attached hydrogen (secondary N) is 2. The van der Waals surface area contributed by atoms with Crippen LogP contribution in [0.15, 0.2) is 73.1 Å². The van der Waals surface area contributed by atoms with Gasteiger partial charge in [-0.3, -0.25) is 14.6 Å². The number of benzene rings is 2. The van der Waals surface area contributed by atoms with Crippen molar-refractivity contribution in [3.63, 3.8) is 0 Å². The van der Waals surface area contributed by atoms with Crippen LogP contribution in [-0.4, -0.2) is 32.3 Å². The second-order valence-electron chi connectivity index (χ2n) is 7.98. The Morgan fingerprint density at radius 3 is 2.58 bits per heavy atom. The average Bonchev–Trinajstić information content (AvgIpc) is 3.55. The Morgan fingerprint density at radius 2 is 1.82 bits per heavy atom. The number of aromatic nitrogens is 3. The minimum atomic E-state index is -0.976. The molecule has 2 atom stereocenters. The Labute approximate surface area is 189 Å². The first kappa shape index (κ1) is 20.4. The van der Waals surface area contributed by atoms with E-state index in [1.807, 2.05) is 60.7 Å². The minimum Gasteiger partial charge on any atom is -0.368 e. The molecule has 0 spiro atoms. The molecule has 1 aliphatic carbocycles. The lowest BCUT2D eigenvalue weighted by Crippen LogP contribution is -2.39. The Hall–Kier alpha value is -4.53. The van der Waals surface area contributed by atoms with Gasteiger partial charge in [-0.1, -0.05) is 36.4 Å². The summed E-state index contributed by atoms with van der Waals surface area (Å²) in [5, 5.41) is 7.17. The van der Waals surface area contributed by atoms with Crippen LogP contribution < -0.4 is 22.1 Å². The number of hydrogen-bond acceptors (Lipinski definition) is 7. The van der Waals surface area contributed by atoms with Crippen LogP contribution >= 0.6 is 0 Å². The maximum Gasteiger partial charge on any atom is 0.271 e. The van der Waals surface area contributed by atoms with Crippen LogP contribution in [-0.2, 0) is 4.79 Å². The van der Waals surface area contributed by atoms with Gasteiger partial charge in [0.05, 0.1) is 11.7 Å². The molecule has 6 N–H and O–H groups in total. The lowest BCUT2D eigenvalue weighted by molar-refractivity contribution is -0.119. The van der Waals surface area contributed by atoms with Crippen molar-refractivity contribution in [2.24, 2.45) is 11.5 Å². The topological polar surface area (TPSA) is 149 Å². The molecule has 2 aromatic carbocycles. The highest BCUT2D eigenvalue weighted by Crippen LogP contribution is 2.53. The number of rotatable bonds is 7. The molecule has 0 bridgehead atoms. The molecule has 1 saturated carbocycles. The highest BCUT2D eigenvalue weighted by molar-refractivity contribution is 5.97. The fourth-order valence-corrected chi connectivity index (χ4v) is 4.06. The van der Waals surface area contributed by atoms with Gasteiger partial charge >= 0.3 is 0 Å². The third-order valence-electron chi connectivity index (χ3n) is 5.83. The van der Waals surface area contributed by atoms with E-state index in [1.165, 1.54) is 6.20 Å². The van der Waals surface area contributed by atoms with E-state index < -0.39 is 17.4 Å². The van der Waals surface area contributed by atoms with Gasteiger partial charge in [-0.05, 0) is 36.2 Å². The highest BCUT2D eigenvalue weighted by atomic mass is 16.2. The monoisotopic (exact) mass is 439 g/mol. The third kappa shape index (κ3) is 3.80. The number of pyridine rings is 1. The standard InChI is InChI=1S/C24H21N7O2/c25-21(32)20-22(29-16-8-9-18-15(11-16)7-4-10-27-18)30-19(13-28-20)31-24(23(26)33)12-17(24)14-5-2-1-3-6-14/h1-11,13,17H,12H2,(H2,25,32)(H2,26,33)(H2,29,30,31). The minimum absolute atomic E-state index is 0.0182. The summed E-state index contributed by atoms with van der Waals surface area (Å²) in [7, 11) is 0. The van der Waals surface area contributed by atoms with Crippen LogP contribution in [0.1, 0.15) is 28.4 Å². The van der Waals surface area contributed by atoms with Crippen molar-refractivity contribution in [3.05, 3.63) is 84.3 Å². The van der Waals surface area contributed by atoms with E-state index in [1.54, 1.807) is 6.20 Å². The number of carbonyl (C=O) groups is 2. The fourth-order valence-electron chi connectivity index (χ4n) is 4.06. The van der Waals surface area contributed by atoms with Gasteiger partial charge in [-0.15, -0.1) is 0 Å². The molecule has 2 unspecified atom stereocenters. The summed E-state index contributed by atoms with van der Waals surface area (Å²) >= 11 is 0. The molecule has 5 rings (SSSR count). The molecule has 0 saturated heterocycles. The van der Waals surface area contributed by atoms with Crippen molar-refractivity contribution in [3.8, 4) is 0 Å². The molecule has 9 nitrogen and oxygen atoms in total. The first-order valence-electron chi connectivity index (χ1n) is 10.4. The van der Waals surface area contributed by atoms with Gasteiger partial charge in [0.15, 0.2) is 11.5 Å². The molecule has 0 radical (unpaired) electrons. The number of hydrogen-bond donors (Lipinski definition) is 4. The second-order valence-corrected chi connectivity index (χ2v) is 7.98. The van der Waals surface area contributed by atoms with Crippen molar-refractivity contribution >= 4 is 40.0 Å². The zero-order valence-corrected chi connectivity index (χ0v) is 17.5. The molecule has 1 aliphatic rings. The number of nitrogens with zero attached hydrogens (tertiary/aromatic N) is 3. The predicted octanol–water partition coefficient (Wildman–Crippen LogP) is 2.69. The van der Waals surface area contributed by atoms with Gasteiger partial charge in [0.2, 0.25) is 5.91 Å². The van der Waals surface area contributed by atoms with E-state index in [2.05, 4.69) is 25.6 Å². The molecule has 0 aliphatic heterocycles. The molecule has 2 amide bonds. The van der Waals surface area contributed by atoms with Gasteiger partial charge in [-0.2, -0.15) is 0 Å². The lowest BCUT2D eigenvalue weighted by Gasteiger charge is -2.18. The zero-order valence-electron chi connectivity index (χ0n) is 17.5. The Bertz CT molecular complexity index is 1380.